The fraction of sp³-hybridized carbons (Fsp3) is 0.455. The average Bonchev–Trinajstić information content (AvgIpc) is 2.27. The molecule has 0 radical (unpaired) electrons. The molecule has 1 rings (SSSR count). The monoisotopic (exact) mass is 261 g/mol. The van der Waals surface area contributed by atoms with Gasteiger partial charge in [-0.25, -0.2) is 4.98 Å². The Hall–Kier alpha value is -1.79. The van der Waals surface area contributed by atoms with Gasteiger partial charge in [0.15, 0.2) is 0 Å². The lowest BCUT2D eigenvalue weighted by atomic mass is 10.2. The van der Waals surface area contributed by atoms with Crippen molar-refractivity contribution in [2.75, 3.05) is 12.3 Å². The number of unbranched alkanes of at least 4 members (excludes halogenated alkanes) is 1. The first-order valence-electron chi connectivity index (χ1n) is 5.45. The maximum absolute atomic E-state index is 11.8. The third kappa shape index (κ3) is 5.51. The Morgan fingerprint density at radius 2 is 2.06 bits per heavy atom. The van der Waals surface area contributed by atoms with Crippen LogP contribution in [-0.4, -0.2) is 23.6 Å². The number of anilines is 1. The summed E-state index contributed by atoms with van der Waals surface area (Å²) >= 11 is 0. The van der Waals surface area contributed by atoms with E-state index in [9.17, 15) is 18.0 Å². The van der Waals surface area contributed by atoms with Crippen LogP contribution < -0.4 is 11.1 Å². The van der Waals surface area contributed by atoms with Crippen molar-refractivity contribution in [3.63, 3.8) is 0 Å². The standard InChI is InChI=1S/C11H14F3N3O/c12-11(13,14)5-1-2-6-16-10(18)9-4-3-8(15)7-17-9/h3-4,7H,1-2,5-6,15H2,(H,16,18). The number of hydrogen-bond donors (Lipinski definition) is 2. The van der Waals surface area contributed by atoms with Gasteiger partial charge in [-0.3, -0.25) is 4.79 Å². The minimum atomic E-state index is -4.14. The molecular formula is C11H14F3N3O. The van der Waals surface area contributed by atoms with Crippen LogP contribution >= 0.6 is 0 Å². The van der Waals surface area contributed by atoms with Gasteiger partial charge in [-0.1, -0.05) is 0 Å². The lowest BCUT2D eigenvalue weighted by Crippen LogP contribution is -2.25. The van der Waals surface area contributed by atoms with Crippen molar-refractivity contribution in [3.8, 4) is 0 Å². The van der Waals surface area contributed by atoms with Gasteiger partial charge in [0.2, 0.25) is 0 Å². The zero-order valence-corrected chi connectivity index (χ0v) is 9.63. The molecule has 1 aromatic heterocycles. The molecule has 0 saturated heterocycles. The van der Waals surface area contributed by atoms with E-state index in [4.69, 9.17) is 5.73 Å². The summed E-state index contributed by atoms with van der Waals surface area (Å²) in [6.07, 6.45) is -3.34. The number of carbonyl (C=O) groups is 1. The fourth-order valence-electron chi connectivity index (χ4n) is 1.28. The Bertz CT molecular complexity index is 390. The average molecular weight is 261 g/mol. The van der Waals surface area contributed by atoms with Crippen molar-refractivity contribution in [1.29, 1.82) is 0 Å². The normalized spacial score (nSPS) is 11.3. The number of nitrogens with one attached hydrogen (secondary N) is 1. The summed E-state index contributed by atoms with van der Waals surface area (Å²) in [7, 11) is 0. The van der Waals surface area contributed by atoms with E-state index >= 15 is 0 Å². The van der Waals surface area contributed by atoms with Gasteiger partial charge >= 0.3 is 6.18 Å². The van der Waals surface area contributed by atoms with Crippen molar-refractivity contribution in [2.24, 2.45) is 0 Å². The van der Waals surface area contributed by atoms with Gasteiger partial charge in [0.25, 0.3) is 5.91 Å². The van der Waals surface area contributed by atoms with Gasteiger partial charge in [0.05, 0.1) is 11.9 Å². The number of halogens is 3. The van der Waals surface area contributed by atoms with Crippen molar-refractivity contribution >= 4 is 11.6 Å². The molecule has 18 heavy (non-hydrogen) atoms. The van der Waals surface area contributed by atoms with Crippen LogP contribution in [0.1, 0.15) is 29.8 Å². The van der Waals surface area contributed by atoms with Crippen molar-refractivity contribution in [2.45, 2.75) is 25.4 Å². The van der Waals surface area contributed by atoms with Crippen molar-refractivity contribution in [3.05, 3.63) is 24.0 Å². The summed E-state index contributed by atoms with van der Waals surface area (Å²) in [5.41, 5.74) is 6.04. The lowest BCUT2D eigenvalue weighted by molar-refractivity contribution is -0.135. The zero-order chi connectivity index (χ0) is 13.6. The molecule has 0 saturated carbocycles. The predicted molar refractivity (Wildman–Crippen MR) is 60.9 cm³/mol. The van der Waals surface area contributed by atoms with Crippen molar-refractivity contribution < 1.29 is 18.0 Å². The van der Waals surface area contributed by atoms with Crippen LogP contribution in [0, 0.1) is 0 Å². The smallest absolute Gasteiger partial charge is 0.389 e. The van der Waals surface area contributed by atoms with E-state index in [1.807, 2.05) is 0 Å². The SMILES string of the molecule is Nc1ccc(C(=O)NCCCCC(F)(F)F)nc1. The number of nitrogen functional groups attached to an aromatic ring is 1. The first kappa shape index (κ1) is 14.3. The fourth-order valence-corrected chi connectivity index (χ4v) is 1.28. The van der Waals surface area contributed by atoms with Gasteiger partial charge < -0.3 is 11.1 Å². The van der Waals surface area contributed by atoms with Crippen LogP contribution in [0.4, 0.5) is 18.9 Å². The Balaban J connectivity index is 2.24. The number of aromatic nitrogens is 1. The number of pyridine rings is 1. The van der Waals surface area contributed by atoms with Gasteiger partial charge in [-0.2, -0.15) is 13.2 Å². The first-order valence-corrected chi connectivity index (χ1v) is 5.45. The van der Waals surface area contributed by atoms with E-state index in [-0.39, 0.29) is 25.1 Å². The van der Waals surface area contributed by atoms with Crippen molar-refractivity contribution in [1.82, 2.24) is 10.3 Å². The third-order valence-corrected chi connectivity index (χ3v) is 2.19. The van der Waals surface area contributed by atoms with Gasteiger partial charge in [-0.05, 0) is 25.0 Å². The second kappa shape index (κ2) is 6.23. The maximum atomic E-state index is 11.8. The number of nitrogens with two attached hydrogens (primary N) is 1. The summed E-state index contributed by atoms with van der Waals surface area (Å²) < 4.78 is 35.5. The second-order valence-electron chi connectivity index (χ2n) is 3.80. The summed E-state index contributed by atoms with van der Waals surface area (Å²) in [5, 5.41) is 2.50. The van der Waals surface area contributed by atoms with E-state index in [0.29, 0.717) is 5.69 Å². The molecule has 0 unspecified atom stereocenters. The Kier molecular flexibility index (Phi) is 4.94. The van der Waals surface area contributed by atoms with Gasteiger partial charge in [0, 0.05) is 13.0 Å². The van der Waals surface area contributed by atoms with Crippen LogP contribution in [0.3, 0.4) is 0 Å². The van der Waals surface area contributed by atoms with E-state index in [2.05, 4.69) is 10.3 Å². The van der Waals surface area contributed by atoms with E-state index in [1.54, 1.807) is 0 Å². The molecule has 7 heteroatoms. The molecule has 0 spiro atoms. The minimum absolute atomic E-state index is 0.00105. The highest BCUT2D eigenvalue weighted by molar-refractivity contribution is 5.92. The summed E-state index contributed by atoms with van der Waals surface area (Å²) in [6.45, 7) is 0.195. The third-order valence-electron chi connectivity index (χ3n) is 2.19. The van der Waals surface area contributed by atoms with E-state index < -0.39 is 18.5 Å². The molecule has 100 valence electrons. The quantitative estimate of drug-likeness (QED) is 0.798. The number of nitrogens with zero attached hydrogens (tertiary/aromatic N) is 1. The molecule has 0 aromatic carbocycles. The zero-order valence-electron chi connectivity index (χ0n) is 9.63. The molecule has 0 aliphatic rings. The topological polar surface area (TPSA) is 68.0 Å². The van der Waals surface area contributed by atoms with Gasteiger partial charge in [-0.15, -0.1) is 0 Å². The number of alkyl halides is 3. The Morgan fingerprint density at radius 1 is 1.33 bits per heavy atom. The summed E-state index contributed by atoms with van der Waals surface area (Å²) in [4.78, 5) is 15.3. The molecule has 0 fully saturated rings. The molecular weight excluding hydrogens is 247 g/mol. The van der Waals surface area contributed by atoms with Gasteiger partial charge in [0.1, 0.15) is 5.69 Å². The summed E-state index contributed by atoms with van der Waals surface area (Å²) in [6, 6.07) is 2.99. The van der Waals surface area contributed by atoms with Crippen LogP contribution in [-0.2, 0) is 0 Å². The molecule has 1 aromatic rings. The molecule has 0 aliphatic carbocycles. The Morgan fingerprint density at radius 3 is 2.61 bits per heavy atom. The predicted octanol–water partition coefficient (Wildman–Crippen LogP) is 2.13. The largest absolute Gasteiger partial charge is 0.397 e. The van der Waals surface area contributed by atoms with Crippen LogP contribution in [0.15, 0.2) is 18.3 Å². The summed E-state index contributed by atoms with van der Waals surface area (Å²) in [5.74, 6) is -0.415. The Labute approximate surface area is 102 Å². The van der Waals surface area contributed by atoms with E-state index in [1.165, 1.54) is 18.3 Å². The van der Waals surface area contributed by atoms with Crippen LogP contribution in [0.2, 0.25) is 0 Å². The van der Waals surface area contributed by atoms with Crippen LogP contribution in [0.25, 0.3) is 0 Å². The number of hydrogen-bond acceptors (Lipinski definition) is 3. The molecule has 4 nitrogen and oxygen atoms in total. The number of amides is 1. The minimum Gasteiger partial charge on any atom is -0.397 e. The maximum Gasteiger partial charge on any atom is 0.389 e. The highest BCUT2D eigenvalue weighted by Gasteiger charge is 2.25. The second-order valence-corrected chi connectivity index (χ2v) is 3.80. The molecule has 0 atom stereocenters. The molecule has 0 bridgehead atoms. The highest BCUT2D eigenvalue weighted by Crippen LogP contribution is 2.21. The molecule has 1 heterocycles. The number of rotatable bonds is 5. The molecule has 1 amide bonds. The molecule has 0 aliphatic heterocycles. The first-order chi connectivity index (χ1) is 8.38. The van der Waals surface area contributed by atoms with Crippen LogP contribution in [0.5, 0.6) is 0 Å². The number of carbonyl (C=O) groups excluding carboxylic acids is 1. The highest BCUT2D eigenvalue weighted by atomic mass is 19.4. The van der Waals surface area contributed by atoms with E-state index in [0.717, 1.165) is 0 Å². The lowest BCUT2D eigenvalue weighted by Gasteiger charge is -2.07. The molecule has 3 N–H and O–H groups in total.